The van der Waals surface area contributed by atoms with Gasteiger partial charge in [-0.05, 0) is 24.3 Å². The first kappa shape index (κ1) is 15.5. The van der Waals surface area contributed by atoms with Gasteiger partial charge in [0.1, 0.15) is 0 Å². The van der Waals surface area contributed by atoms with E-state index in [-0.39, 0.29) is 5.92 Å². The molecule has 4 nitrogen and oxygen atoms in total. The van der Waals surface area contributed by atoms with Gasteiger partial charge in [0, 0.05) is 19.6 Å². The Labute approximate surface area is 122 Å². The molecule has 5 heteroatoms. The fourth-order valence-electron chi connectivity index (χ4n) is 2.50. The van der Waals surface area contributed by atoms with Crippen molar-refractivity contribution in [2.75, 3.05) is 19.6 Å². The van der Waals surface area contributed by atoms with E-state index in [4.69, 9.17) is 0 Å². The SMILES string of the molecule is CC(CNS(=O)(=O)N1CCCCCC1)c1ccccc1. The van der Waals surface area contributed by atoms with Gasteiger partial charge in [0.2, 0.25) is 0 Å². The molecule has 0 aliphatic carbocycles. The Balaban J connectivity index is 1.91. The van der Waals surface area contributed by atoms with Gasteiger partial charge in [-0.15, -0.1) is 0 Å². The van der Waals surface area contributed by atoms with Crippen LogP contribution in [-0.4, -0.2) is 32.4 Å². The minimum absolute atomic E-state index is 0.179. The molecule has 1 saturated heterocycles. The Bertz CT molecular complexity index is 494. The summed E-state index contributed by atoms with van der Waals surface area (Å²) in [5, 5.41) is 0. The maximum absolute atomic E-state index is 12.3. The molecule has 1 fully saturated rings. The van der Waals surface area contributed by atoms with Crippen LogP contribution in [0.2, 0.25) is 0 Å². The third kappa shape index (κ3) is 4.30. The molecule has 1 atom stereocenters. The molecule has 0 spiro atoms. The summed E-state index contributed by atoms with van der Waals surface area (Å²) in [5.74, 6) is 0.179. The largest absolute Gasteiger partial charge is 0.279 e. The Hall–Kier alpha value is -0.910. The maximum Gasteiger partial charge on any atom is 0.279 e. The van der Waals surface area contributed by atoms with E-state index in [1.807, 2.05) is 37.3 Å². The quantitative estimate of drug-likeness (QED) is 0.907. The predicted octanol–water partition coefficient (Wildman–Crippen LogP) is 2.50. The number of benzene rings is 1. The first-order valence-corrected chi connectivity index (χ1v) is 8.83. The lowest BCUT2D eigenvalue weighted by atomic mass is 10.0. The van der Waals surface area contributed by atoms with Crippen molar-refractivity contribution in [3.63, 3.8) is 0 Å². The van der Waals surface area contributed by atoms with Gasteiger partial charge in [-0.3, -0.25) is 0 Å². The van der Waals surface area contributed by atoms with Gasteiger partial charge < -0.3 is 0 Å². The highest BCUT2D eigenvalue weighted by molar-refractivity contribution is 7.87. The van der Waals surface area contributed by atoms with Crippen LogP contribution in [-0.2, 0) is 10.2 Å². The lowest BCUT2D eigenvalue weighted by molar-refractivity contribution is 0.413. The minimum Gasteiger partial charge on any atom is -0.202 e. The summed E-state index contributed by atoms with van der Waals surface area (Å²) < 4.78 is 28.9. The van der Waals surface area contributed by atoms with Gasteiger partial charge in [0.15, 0.2) is 0 Å². The van der Waals surface area contributed by atoms with Crippen molar-refractivity contribution in [1.29, 1.82) is 0 Å². The molecular weight excluding hydrogens is 272 g/mol. The summed E-state index contributed by atoms with van der Waals surface area (Å²) in [7, 11) is -3.33. The molecule has 2 rings (SSSR count). The van der Waals surface area contributed by atoms with Crippen LogP contribution < -0.4 is 4.72 Å². The first-order valence-electron chi connectivity index (χ1n) is 7.39. The number of hydrogen-bond acceptors (Lipinski definition) is 2. The standard InChI is InChI=1S/C15H24N2O2S/c1-14(15-9-5-4-6-10-15)13-16-20(18,19)17-11-7-2-3-8-12-17/h4-6,9-10,14,16H,2-3,7-8,11-13H2,1H3. The molecule has 0 bridgehead atoms. The fraction of sp³-hybridized carbons (Fsp3) is 0.600. The van der Waals surface area contributed by atoms with Crippen LogP contribution in [0.1, 0.15) is 44.1 Å². The molecule has 0 amide bonds. The Morgan fingerprint density at radius 1 is 1.10 bits per heavy atom. The van der Waals surface area contributed by atoms with Crippen molar-refractivity contribution in [3.05, 3.63) is 35.9 Å². The summed E-state index contributed by atoms with van der Waals surface area (Å²) >= 11 is 0. The lowest BCUT2D eigenvalue weighted by Crippen LogP contribution is -2.42. The fourth-order valence-corrected chi connectivity index (χ4v) is 3.89. The first-order chi connectivity index (χ1) is 9.59. The molecular formula is C15H24N2O2S. The van der Waals surface area contributed by atoms with Crippen LogP contribution in [0.3, 0.4) is 0 Å². The summed E-state index contributed by atoms with van der Waals surface area (Å²) in [6.07, 6.45) is 4.20. The van der Waals surface area contributed by atoms with Crippen molar-refractivity contribution in [2.24, 2.45) is 0 Å². The number of hydrogen-bond donors (Lipinski definition) is 1. The van der Waals surface area contributed by atoms with E-state index in [0.29, 0.717) is 19.6 Å². The summed E-state index contributed by atoms with van der Waals surface area (Å²) in [6.45, 7) is 3.78. The lowest BCUT2D eigenvalue weighted by Gasteiger charge is -2.21. The van der Waals surface area contributed by atoms with Gasteiger partial charge >= 0.3 is 0 Å². The zero-order chi connectivity index (χ0) is 14.4. The van der Waals surface area contributed by atoms with E-state index in [0.717, 1.165) is 31.2 Å². The van der Waals surface area contributed by atoms with Crippen LogP contribution in [0.4, 0.5) is 0 Å². The molecule has 1 aromatic carbocycles. The van der Waals surface area contributed by atoms with Crippen molar-refractivity contribution < 1.29 is 8.42 Å². The second kappa shape index (κ2) is 7.20. The molecule has 1 heterocycles. The molecule has 1 N–H and O–H groups in total. The van der Waals surface area contributed by atoms with E-state index < -0.39 is 10.2 Å². The molecule has 0 saturated carbocycles. The zero-order valence-electron chi connectivity index (χ0n) is 12.1. The highest BCUT2D eigenvalue weighted by atomic mass is 32.2. The number of nitrogens with zero attached hydrogens (tertiary/aromatic N) is 1. The summed E-state index contributed by atoms with van der Waals surface area (Å²) in [5.41, 5.74) is 1.16. The molecule has 1 aromatic rings. The predicted molar refractivity (Wildman–Crippen MR) is 81.8 cm³/mol. The second-order valence-electron chi connectivity index (χ2n) is 5.48. The number of rotatable bonds is 5. The Kier molecular flexibility index (Phi) is 5.57. The zero-order valence-corrected chi connectivity index (χ0v) is 12.9. The topological polar surface area (TPSA) is 49.4 Å². The molecule has 0 radical (unpaired) electrons. The van der Waals surface area contributed by atoms with E-state index in [1.165, 1.54) is 0 Å². The van der Waals surface area contributed by atoms with Gasteiger partial charge in [0.25, 0.3) is 10.2 Å². The molecule has 112 valence electrons. The highest BCUT2D eigenvalue weighted by Crippen LogP contribution is 2.15. The molecule has 20 heavy (non-hydrogen) atoms. The van der Waals surface area contributed by atoms with Crippen molar-refractivity contribution >= 4 is 10.2 Å². The maximum atomic E-state index is 12.3. The minimum atomic E-state index is -3.33. The van der Waals surface area contributed by atoms with Gasteiger partial charge in [-0.25, -0.2) is 4.72 Å². The van der Waals surface area contributed by atoms with Crippen LogP contribution >= 0.6 is 0 Å². The van der Waals surface area contributed by atoms with Crippen LogP contribution in [0.25, 0.3) is 0 Å². The van der Waals surface area contributed by atoms with Crippen LogP contribution in [0, 0.1) is 0 Å². The Morgan fingerprint density at radius 3 is 2.30 bits per heavy atom. The summed E-state index contributed by atoms with van der Waals surface area (Å²) in [4.78, 5) is 0. The molecule has 0 aromatic heterocycles. The van der Waals surface area contributed by atoms with E-state index in [1.54, 1.807) is 4.31 Å². The van der Waals surface area contributed by atoms with Crippen molar-refractivity contribution in [2.45, 2.75) is 38.5 Å². The third-order valence-corrected chi connectivity index (χ3v) is 5.42. The smallest absolute Gasteiger partial charge is 0.202 e. The van der Waals surface area contributed by atoms with Crippen LogP contribution in [0.5, 0.6) is 0 Å². The number of nitrogens with one attached hydrogen (secondary N) is 1. The van der Waals surface area contributed by atoms with Gasteiger partial charge in [-0.2, -0.15) is 12.7 Å². The average molecular weight is 296 g/mol. The highest BCUT2D eigenvalue weighted by Gasteiger charge is 2.23. The molecule has 1 unspecified atom stereocenters. The molecule has 1 aliphatic rings. The van der Waals surface area contributed by atoms with Crippen LogP contribution in [0.15, 0.2) is 30.3 Å². The van der Waals surface area contributed by atoms with Crippen molar-refractivity contribution in [3.8, 4) is 0 Å². The van der Waals surface area contributed by atoms with Gasteiger partial charge in [0.05, 0.1) is 0 Å². The normalized spacial score (nSPS) is 19.4. The van der Waals surface area contributed by atoms with E-state index in [9.17, 15) is 8.42 Å². The van der Waals surface area contributed by atoms with Crippen molar-refractivity contribution in [1.82, 2.24) is 9.03 Å². The van der Waals surface area contributed by atoms with E-state index in [2.05, 4.69) is 4.72 Å². The monoisotopic (exact) mass is 296 g/mol. The second-order valence-corrected chi connectivity index (χ2v) is 7.23. The van der Waals surface area contributed by atoms with Gasteiger partial charge in [-0.1, -0.05) is 50.1 Å². The average Bonchev–Trinajstić information content (AvgIpc) is 2.75. The third-order valence-electron chi connectivity index (χ3n) is 3.85. The summed E-state index contributed by atoms with van der Waals surface area (Å²) in [6, 6.07) is 10.00. The Morgan fingerprint density at radius 2 is 1.70 bits per heavy atom. The molecule has 1 aliphatic heterocycles. The van der Waals surface area contributed by atoms with E-state index >= 15 is 0 Å².